The van der Waals surface area contributed by atoms with Gasteiger partial charge in [0.15, 0.2) is 0 Å². The fourth-order valence-electron chi connectivity index (χ4n) is 5.56. The smallest absolute Gasteiger partial charge is 0.123 e. The molecule has 178 valence electrons. The number of likely N-dealkylation sites (tertiary alicyclic amines) is 1. The molecule has 4 nitrogen and oxygen atoms in total. The minimum Gasteiger partial charge on any atom is -0.497 e. The van der Waals surface area contributed by atoms with Crippen LogP contribution in [-0.2, 0) is 6.54 Å². The second-order valence-electron chi connectivity index (χ2n) is 9.59. The van der Waals surface area contributed by atoms with E-state index in [2.05, 4.69) is 69.3 Å². The van der Waals surface area contributed by atoms with Gasteiger partial charge in [-0.1, -0.05) is 48.5 Å². The van der Waals surface area contributed by atoms with Crippen molar-refractivity contribution in [3.63, 3.8) is 0 Å². The van der Waals surface area contributed by atoms with Gasteiger partial charge in [0.05, 0.1) is 7.11 Å². The van der Waals surface area contributed by atoms with E-state index in [-0.39, 0.29) is 5.82 Å². The number of halogens is 1. The van der Waals surface area contributed by atoms with E-state index in [1.807, 2.05) is 12.1 Å². The number of ether oxygens (including phenoxy) is 1. The fourth-order valence-corrected chi connectivity index (χ4v) is 5.56. The first kappa shape index (κ1) is 22.9. The van der Waals surface area contributed by atoms with Crippen LogP contribution < -0.4 is 9.64 Å². The van der Waals surface area contributed by atoms with E-state index in [9.17, 15) is 4.39 Å². The van der Waals surface area contributed by atoms with Crippen LogP contribution in [0.1, 0.15) is 17.0 Å². The van der Waals surface area contributed by atoms with E-state index in [0.717, 1.165) is 63.7 Å². The molecular weight excluding hydrogens is 425 g/mol. The lowest BCUT2D eigenvalue weighted by molar-refractivity contribution is 0.209. The highest BCUT2D eigenvalue weighted by atomic mass is 19.1. The lowest BCUT2D eigenvalue weighted by Crippen LogP contribution is -2.48. The van der Waals surface area contributed by atoms with E-state index >= 15 is 0 Å². The van der Waals surface area contributed by atoms with Gasteiger partial charge in [-0.15, -0.1) is 0 Å². The summed E-state index contributed by atoms with van der Waals surface area (Å²) in [6.07, 6.45) is 0. The number of hydrogen-bond acceptors (Lipinski definition) is 4. The second kappa shape index (κ2) is 10.6. The van der Waals surface area contributed by atoms with Crippen LogP contribution in [0.25, 0.3) is 0 Å². The zero-order chi connectivity index (χ0) is 23.3. The molecule has 2 unspecified atom stereocenters. The Morgan fingerprint density at radius 3 is 2.38 bits per heavy atom. The van der Waals surface area contributed by atoms with Crippen molar-refractivity contribution >= 4 is 5.69 Å². The maximum Gasteiger partial charge on any atom is 0.123 e. The highest BCUT2D eigenvalue weighted by Crippen LogP contribution is 2.35. The Morgan fingerprint density at radius 1 is 0.824 bits per heavy atom. The molecule has 5 heteroatoms. The van der Waals surface area contributed by atoms with Crippen LogP contribution in [-0.4, -0.2) is 62.7 Å². The quantitative estimate of drug-likeness (QED) is 0.502. The van der Waals surface area contributed by atoms with E-state index in [1.54, 1.807) is 19.2 Å². The maximum atomic E-state index is 14.1. The number of nitrogens with zero attached hydrogens (tertiary/aromatic N) is 3. The molecule has 2 aliphatic rings. The summed E-state index contributed by atoms with van der Waals surface area (Å²) in [5.74, 6) is 1.62. The van der Waals surface area contributed by atoms with E-state index < -0.39 is 0 Å². The third-order valence-electron chi connectivity index (χ3n) is 7.33. The average Bonchev–Trinajstić information content (AvgIpc) is 3.27. The van der Waals surface area contributed by atoms with Gasteiger partial charge in [-0.3, -0.25) is 9.80 Å². The van der Waals surface area contributed by atoms with E-state index in [0.29, 0.717) is 11.8 Å². The monoisotopic (exact) mass is 459 g/mol. The summed E-state index contributed by atoms with van der Waals surface area (Å²) >= 11 is 0. The minimum absolute atomic E-state index is 0.135. The fraction of sp³-hybridized carbons (Fsp3) is 0.379. The lowest BCUT2D eigenvalue weighted by atomic mass is 9.88. The van der Waals surface area contributed by atoms with Crippen LogP contribution in [0.15, 0.2) is 78.9 Å². The maximum absolute atomic E-state index is 14.1. The number of hydrogen-bond donors (Lipinski definition) is 0. The molecular formula is C29H34FN3O. The van der Waals surface area contributed by atoms with Gasteiger partial charge in [0.1, 0.15) is 11.6 Å². The standard InChI is InChI=1S/C29H34FN3O/c1-34-28-12-6-11-27(18-28)33-15-13-31(14-16-33)20-25-21-32(19-23-7-3-2-4-8-23)22-29(25)24-9-5-10-26(30)17-24/h2-12,17-18,25,29H,13-16,19-22H2,1H3. The van der Waals surface area contributed by atoms with Crippen LogP contribution in [0.2, 0.25) is 0 Å². The van der Waals surface area contributed by atoms with Gasteiger partial charge in [-0.05, 0) is 41.3 Å². The Balaban J connectivity index is 1.25. The number of benzene rings is 3. The van der Waals surface area contributed by atoms with Gasteiger partial charge >= 0.3 is 0 Å². The first-order valence-corrected chi connectivity index (χ1v) is 12.3. The zero-order valence-electron chi connectivity index (χ0n) is 19.9. The molecule has 2 saturated heterocycles. The molecule has 0 amide bonds. The summed E-state index contributed by atoms with van der Waals surface area (Å²) in [6.45, 7) is 8.14. The summed E-state index contributed by atoms with van der Waals surface area (Å²) in [6, 6.07) is 26.3. The molecule has 0 aromatic heterocycles. The normalized spacial score (nSPS) is 21.6. The number of rotatable bonds is 7. The first-order chi connectivity index (χ1) is 16.7. The van der Waals surface area contributed by atoms with Crippen molar-refractivity contribution in [1.29, 1.82) is 0 Å². The first-order valence-electron chi connectivity index (χ1n) is 12.3. The van der Waals surface area contributed by atoms with Crippen molar-refractivity contribution in [2.45, 2.75) is 12.5 Å². The molecule has 0 N–H and O–H groups in total. The van der Waals surface area contributed by atoms with Crippen molar-refractivity contribution in [2.75, 3.05) is 57.8 Å². The Kier molecular flexibility index (Phi) is 7.12. The Bertz CT molecular complexity index is 1070. The third kappa shape index (κ3) is 5.43. The third-order valence-corrected chi connectivity index (χ3v) is 7.33. The molecule has 0 spiro atoms. The Morgan fingerprint density at radius 2 is 1.62 bits per heavy atom. The summed E-state index contributed by atoms with van der Waals surface area (Å²) in [5.41, 5.74) is 3.70. The second-order valence-corrected chi connectivity index (χ2v) is 9.59. The van der Waals surface area contributed by atoms with Crippen molar-refractivity contribution in [2.24, 2.45) is 5.92 Å². The van der Waals surface area contributed by atoms with Gasteiger partial charge in [0, 0.05) is 70.0 Å². The summed E-state index contributed by atoms with van der Waals surface area (Å²) in [5, 5.41) is 0. The van der Waals surface area contributed by atoms with E-state index in [4.69, 9.17) is 4.74 Å². The Labute approximate surface area is 202 Å². The molecule has 2 fully saturated rings. The van der Waals surface area contributed by atoms with Gasteiger partial charge in [0.2, 0.25) is 0 Å². The number of piperazine rings is 1. The van der Waals surface area contributed by atoms with Crippen molar-refractivity contribution in [3.05, 3.63) is 95.8 Å². The molecule has 34 heavy (non-hydrogen) atoms. The summed E-state index contributed by atoms with van der Waals surface area (Å²) in [4.78, 5) is 7.58. The summed E-state index contributed by atoms with van der Waals surface area (Å²) < 4.78 is 19.5. The predicted octanol–water partition coefficient (Wildman–Crippen LogP) is 4.87. The highest BCUT2D eigenvalue weighted by Gasteiger charge is 2.35. The van der Waals surface area contributed by atoms with Gasteiger partial charge in [-0.25, -0.2) is 4.39 Å². The van der Waals surface area contributed by atoms with Crippen LogP contribution in [0.3, 0.4) is 0 Å². The molecule has 2 heterocycles. The van der Waals surface area contributed by atoms with Crippen molar-refractivity contribution < 1.29 is 9.13 Å². The molecule has 0 radical (unpaired) electrons. The molecule has 2 atom stereocenters. The molecule has 5 rings (SSSR count). The van der Waals surface area contributed by atoms with E-state index in [1.165, 1.54) is 11.3 Å². The van der Waals surface area contributed by atoms with Gasteiger partial charge < -0.3 is 9.64 Å². The van der Waals surface area contributed by atoms with Crippen LogP contribution in [0.4, 0.5) is 10.1 Å². The SMILES string of the molecule is COc1cccc(N2CCN(CC3CN(Cc4ccccc4)CC3c3cccc(F)c3)CC2)c1. The molecule has 0 aliphatic carbocycles. The number of methoxy groups -OCH3 is 1. The molecule has 0 saturated carbocycles. The van der Waals surface area contributed by atoms with Crippen molar-refractivity contribution in [3.8, 4) is 5.75 Å². The lowest BCUT2D eigenvalue weighted by Gasteiger charge is -2.38. The van der Waals surface area contributed by atoms with Gasteiger partial charge in [0.25, 0.3) is 0 Å². The number of anilines is 1. The average molecular weight is 460 g/mol. The largest absolute Gasteiger partial charge is 0.497 e. The highest BCUT2D eigenvalue weighted by molar-refractivity contribution is 5.51. The molecule has 0 bridgehead atoms. The molecule has 3 aromatic rings. The van der Waals surface area contributed by atoms with Crippen LogP contribution in [0, 0.1) is 11.7 Å². The zero-order valence-corrected chi connectivity index (χ0v) is 19.9. The molecule has 3 aromatic carbocycles. The summed E-state index contributed by atoms with van der Waals surface area (Å²) in [7, 11) is 1.72. The Hall–Kier alpha value is -2.89. The predicted molar refractivity (Wildman–Crippen MR) is 136 cm³/mol. The minimum atomic E-state index is -0.135. The van der Waals surface area contributed by atoms with Gasteiger partial charge in [-0.2, -0.15) is 0 Å². The topological polar surface area (TPSA) is 19.0 Å². The van der Waals surface area contributed by atoms with Crippen LogP contribution >= 0.6 is 0 Å². The van der Waals surface area contributed by atoms with Crippen molar-refractivity contribution in [1.82, 2.24) is 9.80 Å². The van der Waals surface area contributed by atoms with Crippen LogP contribution in [0.5, 0.6) is 5.75 Å². The molecule has 2 aliphatic heterocycles.